The molecule has 0 saturated heterocycles. The summed E-state index contributed by atoms with van der Waals surface area (Å²) in [6.07, 6.45) is 1.17. The van der Waals surface area contributed by atoms with Crippen molar-refractivity contribution < 1.29 is 19.2 Å². The minimum atomic E-state index is -0.616. The van der Waals surface area contributed by atoms with Gasteiger partial charge in [0.2, 0.25) is 5.82 Å². The summed E-state index contributed by atoms with van der Waals surface area (Å²) in [6.45, 7) is 0. The lowest BCUT2D eigenvalue weighted by atomic mass is 10.2. The number of aromatic nitrogens is 2. The van der Waals surface area contributed by atoms with Gasteiger partial charge in [0.25, 0.3) is 0 Å². The van der Waals surface area contributed by atoms with Crippen molar-refractivity contribution in [2.45, 2.75) is 0 Å². The number of carbonyl (C=O) groups is 1. The standard InChI is InChI=1S/C24H19N5O5/c1-33-24(30)17-12-14-20(15-13-17)34-23-21(29(31)32)22(25-16-26-23)27-28(18-8-4-2-5-9-18)19-10-6-3-7-11-19/h2-16H,1H3,(H,25,26,27). The van der Waals surface area contributed by atoms with E-state index in [0.29, 0.717) is 5.56 Å². The van der Waals surface area contributed by atoms with Crippen LogP contribution in [0.2, 0.25) is 0 Å². The minimum Gasteiger partial charge on any atom is -0.465 e. The van der Waals surface area contributed by atoms with Gasteiger partial charge in [-0.05, 0) is 48.5 Å². The molecule has 0 unspecified atom stereocenters. The molecule has 0 atom stereocenters. The third kappa shape index (κ3) is 4.91. The van der Waals surface area contributed by atoms with Crippen LogP contribution in [-0.4, -0.2) is 28.0 Å². The van der Waals surface area contributed by atoms with Gasteiger partial charge in [-0.25, -0.2) is 9.78 Å². The number of rotatable bonds is 8. The summed E-state index contributed by atoms with van der Waals surface area (Å²) >= 11 is 0. The molecule has 3 aromatic carbocycles. The van der Waals surface area contributed by atoms with Crippen LogP contribution in [0.5, 0.6) is 11.6 Å². The van der Waals surface area contributed by atoms with Crippen LogP contribution in [0.1, 0.15) is 10.4 Å². The largest absolute Gasteiger partial charge is 0.465 e. The van der Waals surface area contributed by atoms with Crippen molar-refractivity contribution in [2.24, 2.45) is 0 Å². The van der Waals surface area contributed by atoms with E-state index in [9.17, 15) is 14.9 Å². The maximum atomic E-state index is 12.0. The number of nitro groups is 1. The topological polar surface area (TPSA) is 120 Å². The Morgan fingerprint density at radius 2 is 1.50 bits per heavy atom. The van der Waals surface area contributed by atoms with E-state index < -0.39 is 16.6 Å². The summed E-state index contributed by atoms with van der Waals surface area (Å²) < 4.78 is 10.3. The molecule has 0 amide bonds. The number of carbonyl (C=O) groups excluding carboxylic acids is 1. The minimum absolute atomic E-state index is 0.0612. The van der Waals surface area contributed by atoms with Crippen LogP contribution in [0.4, 0.5) is 22.9 Å². The number of anilines is 3. The Bertz CT molecular complexity index is 1240. The molecule has 34 heavy (non-hydrogen) atoms. The lowest BCUT2D eigenvalue weighted by Crippen LogP contribution is -2.25. The molecule has 1 N–H and O–H groups in total. The number of esters is 1. The Balaban J connectivity index is 1.69. The first-order valence-corrected chi connectivity index (χ1v) is 10.1. The number of nitrogens with one attached hydrogen (secondary N) is 1. The fraction of sp³-hybridized carbons (Fsp3) is 0.0417. The van der Waals surface area contributed by atoms with Crippen LogP contribution < -0.4 is 15.2 Å². The highest BCUT2D eigenvalue weighted by atomic mass is 16.6. The maximum absolute atomic E-state index is 12.0. The number of ether oxygens (including phenoxy) is 2. The van der Waals surface area contributed by atoms with Gasteiger partial charge in [0, 0.05) is 0 Å². The van der Waals surface area contributed by atoms with Gasteiger partial charge in [0.05, 0.1) is 29.0 Å². The first kappa shape index (κ1) is 22.2. The quantitative estimate of drug-likeness (QED) is 0.218. The van der Waals surface area contributed by atoms with Crippen LogP contribution in [0.3, 0.4) is 0 Å². The highest BCUT2D eigenvalue weighted by Crippen LogP contribution is 2.36. The molecular formula is C24H19N5O5. The average molecular weight is 457 g/mol. The average Bonchev–Trinajstić information content (AvgIpc) is 2.88. The van der Waals surface area contributed by atoms with Crippen LogP contribution in [0.25, 0.3) is 0 Å². The summed E-state index contributed by atoms with van der Waals surface area (Å²) in [6, 6.07) is 24.5. The van der Waals surface area contributed by atoms with E-state index in [2.05, 4.69) is 20.1 Å². The van der Waals surface area contributed by atoms with Gasteiger partial charge in [-0.2, -0.15) is 4.98 Å². The number of hydrazine groups is 1. The lowest BCUT2D eigenvalue weighted by Gasteiger charge is -2.25. The van der Waals surface area contributed by atoms with Crippen molar-refractivity contribution in [3.05, 3.63) is 107 Å². The van der Waals surface area contributed by atoms with Gasteiger partial charge in [-0.3, -0.25) is 20.5 Å². The molecule has 0 fully saturated rings. The van der Waals surface area contributed by atoms with Crippen LogP contribution in [0.15, 0.2) is 91.3 Å². The second-order valence-electron chi connectivity index (χ2n) is 6.87. The summed E-state index contributed by atoms with van der Waals surface area (Å²) in [5.41, 5.74) is 4.36. The zero-order valence-electron chi connectivity index (χ0n) is 18.0. The molecule has 0 radical (unpaired) electrons. The summed E-state index contributed by atoms with van der Waals surface area (Å²) in [5, 5.41) is 13.7. The molecule has 0 aliphatic rings. The Kier molecular flexibility index (Phi) is 6.59. The first-order chi connectivity index (χ1) is 16.6. The van der Waals surface area contributed by atoms with Crippen molar-refractivity contribution in [1.82, 2.24) is 9.97 Å². The third-order valence-electron chi connectivity index (χ3n) is 4.71. The third-order valence-corrected chi connectivity index (χ3v) is 4.71. The molecule has 0 saturated carbocycles. The molecule has 10 heteroatoms. The Labute approximate surface area is 194 Å². The molecule has 0 aliphatic carbocycles. The fourth-order valence-corrected chi connectivity index (χ4v) is 3.11. The number of benzene rings is 3. The summed E-state index contributed by atoms with van der Waals surface area (Å²) in [5.74, 6) is -0.570. The molecular weight excluding hydrogens is 438 g/mol. The monoisotopic (exact) mass is 457 g/mol. The van der Waals surface area contributed by atoms with Gasteiger partial charge in [-0.15, -0.1) is 0 Å². The van der Waals surface area contributed by atoms with Crippen molar-refractivity contribution in [2.75, 3.05) is 17.5 Å². The van der Waals surface area contributed by atoms with Crippen molar-refractivity contribution >= 4 is 28.8 Å². The lowest BCUT2D eigenvalue weighted by molar-refractivity contribution is -0.385. The van der Waals surface area contributed by atoms with Crippen LogP contribution >= 0.6 is 0 Å². The van der Waals surface area contributed by atoms with Crippen LogP contribution in [-0.2, 0) is 4.74 Å². The normalized spacial score (nSPS) is 10.3. The number of para-hydroxylation sites is 2. The Hall–Kier alpha value is -4.99. The number of nitrogens with zero attached hydrogens (tertiary/aromatic N) is 4. The highest BCUT2D eigenvalue weighted by Gasteiger charge is 2.27. The molecule has 0 bridgehead atoms. The van der Waals surface area contributed by atoms with E-state index in [1.54, 1.807) is 5.01 Å². The van der Waals surface area contributed by atoms with Crippen molar-refractivity contribution in [3.63, 3.8) is 0 Å². The summed E-state index contributed by atoms with van der Waals surface area (Å²) in [7, 11) is 1.28. The van der Waals surface area contributed by atoms with Gasteiger partial charge in [0.1, 0.15) is 12.1 Å². The molecule has 0 aliphatic heterocycles. The first-order valence-electron chi connectivity index (χ1n) is 10.1. The molecule has 10 nitrogen and oxygen atoms in total. The van der Waals surface area contributed by atoms with Gasteiger partial charge in [-0.1, -0.05) is 36.4 Å². The number of hydrogen-bond acceptors (Lipinski definition) is 9. The predicted molar refractivity (Wildman–Crippen MR) is 125 cm³/mol. The van der Waals surface area contributed by atoms with E-state index in [0.717, 1.165) is 11.4 Å². The number of methoxy groups -OCH3 is 1. The highest BCUT2D eigenvalue weighted by molar-refractivity contribution is 5.89. The van der Waals surface area contributed by atoms with Crippen molar-refractivity contribution in [1.29, 1.82) is 0 Å². The maximum Gasteiger partial charge on any atom is 0.374 e. The second-order valence-corrected chi connectivity index (χ2v) is 6.87. The Morgan fingerprint density at radius 1 is 0.912 bits per heavy atom. The molecule has 1 aromatic heterocycles. The van der Waals surface area contributed by atoms with Gasteiger partial charge in [0.15, 0.2) is 0 Å². The van der Waals surface area contributed by atoms with E-state index in [1.165, 1.54) is 37.7 Å². The fourth-order valence-electron chi connectivity index (χ4n) is 3.11. The Morgan fingerprint density at radius 3 is 2.03 bits per heavy atom. The molecule has 4 rings (SSSR count). The van der Waals surface area contributed by atoms with E-state index in [1.807, 2.05) is 60.7 Å². The van der Waals surface area contributed by atoms with Gasteiger partial charge >= 0.3 is 17.5 Å². The van der Waals surface area contributed by atoms with Crippen molar-refractivity contribution in [3.8, 4) is 11.6 Å². The smallest absolute Gasteiger partial charge is 0.374 e. The van der Waals surface area contributed by atoms with E-state index in [4.69, 9.17) is 4.74 Å². The molecule has 4 aromatic rings. The zero-order valence-corrected chi connectivity index (χ0v) is 18.0. The van der Waals surface area contributed by atoms with E-state index >= 15 is 0 Å². The van der Waals surface area contributed by atoms with E-state index in [-0.39, 0.29) is 17.4 Å². The number of hydrogen-bond donors (Lipinski definition) is 1. The summed E-state index contributed by atoms with van der Waals surface area (Å²) in [4.78, 5) is 31.1. The molecule has 1 heterocycles. The zero-order chi connectivity index (χ0) is 23.9. The van der Waals surface area contributed by atoms with Gasteiger partial charge < -0.3 is 9.47 Å². The second kappa shape index (κ2) is 10.1. The molecule has 170 valence electrons. The predicted octanol–water partition coefficient (Wildman–Crippen LogP) is 5.13. The molecule has 0 spiro atoms. The van der Waals surface area contributed by atoms with Crippen LogP contribution in [0, 0.1) is 10.1 Å². The SMILES string of the molecule is COC(=O)c1ccc(Oc2ncnc(NN(c3ccccc3)c3ccccc3)c2[N+](=O)[O-])cc1.